The highest BCUT2D eigenvalue weighted by atomic mass is 16.5. The molecule has 0 amide bonds. The van der Waals surface area contributed by atoms with Crippen LogP contribution in [0.4, 0.5) is 0 Å². The highest BCUT2D eigenvalue weighted by Crippen LogP contribution is 2.17. The SMILES string of the molecule is COCCCCCCCCCCCN1CCC(C)CC1. The summed E-state index contributed by atoms with van der Waals surface area (Å²) in [6.45, 7) is 7.39. The van der Waals surface area contributed by atoms with Gasteiger partial charge in [-0.2, -0.15) is 0 Å². The van der Waals surface area contributed by atoms with Gasteiger partial charge in [0, 0.05) is 13.7 Å². The van der Waals surface area contributed by atoms with Crippen molar-refractivity contribution >= 4 is 0 Å². The molecule has 0 radical (unpaired) electrons. The summed E-state index contributed by atoms with van der Waals surface area (Å²) in [6.07, 6.45) is 15.4. The molecule has 0 aromatic rings. The van der Waals surface area contributed by atoms with Crippen molar-refractivity contribution in [2.24, 2.45) is 5.92 Å². The predicted molar refractivity (Wildman–Crippen MR) is 88.3 cm³/mol. The molecule has 120 valence electrons. The molecule has 20 heavy (non-hydrogen) atoms. The van der Waals surface area contributed by atoms with Crippen molar-refractivity contribution < 1.29 is 4.74 Å². The lowest BCUT2D eigenvalue weighted by Crippen LogP contribution is -2.33. The smallest absolute Gasteiger partial charge is 0.0462 e. The lowest BCUT2D eigenvalue weighted by Gasteiger charge is -2.30. The molecule has 0 unspecified atom stereocenters. The summed E-state index contributed by atoms with van der Waals surface area (Å²) < 4.78 is 5.07. The van der Waals surface area contributed by atoms with Gasteiger partial charge in [0.2, 0.25) is 0 Å². The maximum Gasteiger partial charge on any atom is 0.0462 e. The number of piperidine rings is 1. The molecule has 1 fully saturated rings. The zero-order valence-electron chi connectivity index (χ0n) is 14.0. The van der Waals surface area contributed by atoms with E-state index in [0.29, 0.717) is 0 Å². The summed E-state index contributed by atoms with van der Waals surface area (Å²) in [6, 6.07) is 0. The molecule has 0 spiro atoms. The fourth-order valence-corrected chi connectivity index (χ4v) is 3.10. The fraction of sp³-hybridized carbons (Fsp3) is 1.00. The Balaban J connectivity index is 1.74. The molecule has 0 bridgehead atoms. The number of nitrogens with zero attached hydrogens (tertiary/aromatic N) is 1. The van der Waals surface area contributed by atoms with Gasteiger partial charge in [-0.3, -0.25) is 0 Å². The van der Waals surface area contributed by atoms with Gasteiger partial charge >= 0.3 is 0 Å². The molecule has 0 N–H and O–H groups in total. The molecule has 1 saturated heterocycles. The van der Waals surface area contributed by atoms with Crippen LogP contribution in [0.2, 0.25) is 0 Å². The summed E-state index contributed by atoms with van der Waals surface area (Å²) >= 11 is 0. The van der Waals surface area contributed by atoms with Crippen LogP contribution >= 0.6 is 0 Å². The van der Waals surface area contributed by atoms with E-state index in [2.05, 4.69) is 11.8 Å². The average molecular weight is 284 g/mol. The van der Waals surface area contributed by atoms with Crippen molar-refractivity contribution in [3.8, 4) is 0 Å². The maximum absolute atomic E-state index is 5.07. The summed E-state index contributed by atoms with van der Waals surface area (Å²) in [4.78, 5) is 2.68. The molecule has 0 saturated carbocycles. The van der Waals surface area contributed by atoms with Gasteiger partial charge in [-0.1, -0.05) is 51.9 Å². The van der Waals surface area contributed by atoms with Crippen LogP contribution in [-0.2, 0) is 4.74 Å². The molecule has 0 aliphatic carbocycles. The molecule has 0 aromatic heterocycles. The van der Waals surface area contributed by atoms with Gasteiger partial charge in [0.05, 0.1) is 0 Å². The molecular weight excluding hydrogens is 246 g/mol. The number of methoxy groups -OCH3 is 1. The lowest BCUT2D eigenvalue weighted by molar-refractivity contribution is 0.189. The minimum atomic E-state index is 0.940. The minimum Gasteiger partial charge on any atom is -0.385 e. The minimum absolute atomic E-state index is 0.940. The highest BCUT2D eigenvalue weighted by molar-refractivity contribution is 4.69. The van der Waals surface area contributed by atoms with Crippen molar-refractivity contribution in [1.82, 2.24) is 4.90 Å². The van der Waals surface area contributed by atoms with E-state index >= 15 is 0 Å². The van der Waals surface area contributed by atoms with E-state index in [1.165, 1.54) is 90.3 Å². The van der Waals surface area contributed by atoms with E-state index in [-0.39, 0.29) is 0 Å². The second-order valence-corrected chi connectivity index (χ2v) is 6.70. The number of likely N-dealkylation sites (tertiary alicyclic amines) is 1. The van der Waals surface area contributed by atoms with Gasteiger partial charge < -0.3 is 9.64 Å². The van der Waals surface area contributed by atoms with Crippen LogP contribution in [0.25, 0.3) is 0 Å². The van der Waals surface area contributed by atoms with Crippen LogP contribution in [0.5, 0.6) is 0 Å². The Morgan fingerprint density at radius 3 is 1.85 bits per heavy atom. The first kappa shape index (κ1) is 18.0. The monoisotopic (exact) mass is 283 g/mol. The normalized spacial score (nSPS) is 17.7. The van der Waals surface area contributed by atoms with E-state index in [4.69, 9.17) is 4.74 Å². The second kappa shape index (κ2) is 12.6. The molecule has 2 heteroatoms. The van der Waals surface area contributed by atoms with Gasteiger partial charge in [-0.15, -0.1) is 0 Å². The first-order valence-corrected chi connectivity index (χ1v) is 9.04. The third-order valence-corrected chi connectivity index (χ3v) is 4.70. The fourth-order valence-electron chi connectivity index (χ4n) is 3.10. The Morgan fingerprint density at radius 2 is 1.30 bits per heavy atom. The third kappa shape index (κ3) is 9.77. The first-order chi connectivity index (χ1) is 9.83. The molecule has 0 atom stereocenters. The number of hydrogen-bond acceptors (Lipinski definition) is 2. The van der Waals surface area contributed by atoms with Gasteiger partial charge in [0.25, 0.3) is 0 Å². The van der Waals surface area contributed by atoms with E-state index in [9.17, 15) is 0 Å². The van der Waals surface area contributed by atoms with Gasteiger partial charge in [-0.05, 0) is 51.2 Å². The molecule has 1 aliphatic heterocycles. The van der Waals surface area contributed by atoms with E-state index < -0.39 is 0 Å². The topological polar surface area (TPSA) is 12.5 Å². The molecular formula is C18H37NO. The first-order valence-electron chi connectivity index (χ1n) is 9.04. The van der Waals surface area contributed by atoms with Gasteiger partial charge in [-0.25, -0.2) is 0 Å². The van der Waals surface area contributed by atoms with Crippen LogP contribution < -0.4 is 0 Å². The van der Waals surface area contributed by atoms with Crippen LogP contribution in [0, 0.1) is 5.92 Å². The Labute approximate surface area is 127 Å². The summed E-state index contributed by atoms with van der Waals surface area (Å²) in [5.74, 6) is 0.968. The second-order valence-electron chi connectivity index (χ2n) is 6.70. The van der Waals surface area contributed by atoms with Crippen LogP contribution in [-0.4, -0.2) is 38.3 Å². The molecule has 0 aromatic carbocycles. The molecule has 2 nitrogen and oxygen atoms in total. The van der Waals surface area contributed by atoms with E-state index in [1.807, 2.05) is 0 Å². The third-order valence-electron chi connectivity index (χ3n) is 4.70. The van der Waals surface area contributed by atoms with Gasteiger partial charge in [0.15, 0.2) is 0 Å². The highest BCUT2D eigenvalue weighted by Gasteiger charge is 2.14. The number of rotatable bonds is 12. The maximum atomic E-state index is 5.07. The Morgan fingerprint density at radius 1 is 0.800 bits per heavy atom. The zero-order valence-corrected chi connectivity index (χ0v) is 14.0. The van der Waals surface area contributed by atoms with Crippen molar-refractivity contribution in [1.29, 1.82) is 0 Å². The van der Waals surface area contributed by atoms with Crippen LogP contribution in [0.15, 0.2) is 0 Å². The largest absolute Gasteiger partial charge is 0.385 e. The van der Waals surface area contributed by atoms with Crippen molar-refractivity contribution in [2.45, 2.75) is 77.6 Å². The molecule has 1 rings (SSSR count). The average Bonchev–Trinajstić information content (AvgIpc) is 2.47. The Kier molecular flexibility index (Phi) is 11.4. The Hall–Kier alpha value is -0.0800. The summed E-state index contributed by atoms with van der Waals surface area (Å²) in [5.41, 5.74) is 0. The number of hydrogen-bond donors (Lipinski definition) is 0. The standard InChI is InChI=1S/C18H37NO/c1-18-12-15-19(16-13-18)14-10-8-6-4-3-5-7-9-11-17-20-2/h18H,3-17H2,1-2H3. The van der Waals surface area contributed by atoms with Crippen molar-refractivity contribution in [3.63, 3.8) is 0 Å². The summed E-state index contributed by atoms with van der Waals surface area (Å²) in [5, 5.41) is 0. The van der Waals surface area contributed by atoms with Crippen molar-refractivity contribution in [2.75, 3.05) is 33.4 Å². The Bertz CT molecular complexity index is 200. The lowest BCUT2D eigenvalue weighted by atomic mass is 9.99. The zero-order chi connectivity index (χ0) is 14.5. The van der Waals surface area contributed by atoms with Crippen molar-refractivity contribution in [3.05, 3.63) is 0 Å². The molecule has 1 aliphatic rings. The number of unbranched alkanes of at least 4 members (excludes halogenated alkanes) is 8. The molecule has 1 heterocycles. The van der Waals surface area contributed by atoms with Crippen LogP contribution in [0.1, 0.15) is 77.6 Å². The van der Waals surface area contributed by atoms with Gasteiger partial charge in [0.1, 0.15) is 0 Å². The predicted octanol–water partition coefficient (Wildman–Crippen LogP) is 4.88. The quantitative estimate of drug-likeness (QED) is 0.473. The van der Waals surface area contributed by atoms with Crippen LogP contribution in [0.3, 0.4) is 0 Å². The number of ether oxygens (including phenoxy) is 1. The van der Waals surface area contributed by atoms with E-state index in [0.717, 1.165) is 12.5 Å². The van der Waals surface area contributed by atoms with E-state index in [1.54, 1.807) is 7.11 Å². The summed E-state index contributed by atoms with van der Waals surface area (Å²) in [7, 11) is 1.80.